The van der Waals surface area contributed by atoms with Crippen molar-refractivity contribution in [1.82, 2.24) is 5.43 Å². The van der Waals surface area contributed by atoms with E-state index in [1.807, 2.05) is 0 Å². The molecule has 0 aromatic heterocycles. The quantitative estimate of drug-likeness (QED) is 0.590. The molecule has 11 heteroatoms. The number of thiocarbonyl (C=S) groups is 1. The molecule has 0 spiro atoms. The smallest absolute Gasteiger partial charge is 0.348 e. The van der Waals surface area contributed by atoms with Crippen molar-refractivity contribution in [3.63, 3.8) is 0 Å². The summed E-state index contributed by atoms with van der Waals surface area (Å²) in [5.41, 5.74) is -1.86. The summed E-state index contributed by atoms with van der Waals surface area (Å²) in [6, 6.07) is 4.29. The molecule has 0 radical (unpaired) electrons. The van der Waals surface area contributed by atoms with Crippen molar-refractivity contribution in [2.24, 2.45) is 5.10 Å². The van der Waals surface area contributed by atoms with Crippen molar-refractivity contribution in [2.45, 2.75) is 37.7 Å². The zero-order valence-corrected chi connectivity index (χ0v) is 14.0. The van der Waals surface area contributed by atoms with Crippen LogP contribution in [-0.2, 0) is 6.18 Å². The normalized spacial score (nSPS) is 20.2. The zero-order chi connectivity index (χ0) is 19.8. The van der Waals surface area contributed by atoms with Crippen LogP contribution in [0.5, 0.6) is 0 Å². The first-order valence-electron chi connectivity index (χ1n) is 7.26. The van der Waals surface area contributed by atoms with Crippen LogP contribution in [0.3, 0.4) is 0 Å². The Morgan fingerprint density at radius 1 is 1.31 bits per heavy atom. The molecule has 1 atom stereocenters. The fourth-order valence-corrected chi connectivity index (χ4v) is 2.78. The standard InChI is InChI=1S/C15H12F6N4S/c1-2-13(6-11(24-25-13)15(19,20)21)12(26)23-9-4-3-8(7-22)10(5-9)14(16,17)18/h3-5,25H,2,6H2,1H3,(H,23,26). The lowest BCUT2D eigenvalue weighted by Crippen LogP contribution is -2.49. The Bertz CT molecular complexity index is 793. The maximum Gasteiger partial charge on any atom is 0.431 e. The van der Waals surface area contributed by atoms with Crippen molar-refractivity contribution >= 4 is 28.6 Å². The molecule has 0 aliphatic carbocycles. The maximum absolute atomic E-state index is 13.0. The summed E-state index contributed by atoms with van der Waals surface area (Å²) in [6.07, 6.45) is -9.80. The van der Waals surface area contributed by atoms with Crippen LogP contribution in [0.15, 0.2) is 23.3 Å². The fourth-order valence-electron chi connectivity index (χ4n) is 2.40. The summed E-state index contributed by atoms with van der Waals surface area (Å²) in [5.74, 6) is 0. The minimum atomic E-state index is -4.76. The third kappa shape index (κ3) is 3.90. The van der Waals surface area contributed by atoms with Crippen LogP contribution < -0.4 is 10.7 Å². The number of halogens is 6. The predicted molar refractivity (Wildman–Crippen MR) is 86.6 cm³/mol. The second kappa shape index (κ2) is 6.75. The van der Waals surface area contributed by atoms with E-state index in [1.165, 1.54) is 12.1 Å². The molecule has 0 bridgehead atoms. The highest BCUT2D eigenvalue weighted by atomic mass is 32.1. The molecule has 26 heavy (non-hydrogen) atoms. The number of hydrazone groups is 1. The van der Waals surface area contributed by atoms with E-state index in [0.717, 1.165) is 6.07 Å². The second-order valence-corrected chi connectivity index (χ2v) is 6.01. The highest BCUT2D eigenvalue weighted by Crippen LogP contribution is 2.35. The Hall–Kier alpha value is -2.35. The Labute approximate surface area is 149 Å². The number of benzene rings is 1. The molecule has 1 aromatic carbocycles. The summed E-state index contributed by atoms with van der Waals surface area (Å²) >= 11 is 5.12. The van der Waals surface area contributed by atoms with Crippen molar-refractivity contribution in [2.75, 3.05) is 5.32 Å². The Kier molecular flexibility index (Phi) is 5.19. The van der Waals surface area contributed by atoms with Gasteiger partial charge in [-0.25, -0.2) is 0 Å². The molecule has 1 heterocycles. The lowest BCUT2D eigenvalue weighted by atomic mass is 9.91. The molecule has 0 saturated carbocycles. The molecular formula is C15H12F6N4S. The predicted octanol–water partition coefficient (Wildman–Crippen LogP) is 4.38. The number of nitrogens with zero attached hydrogens (tertiary/aromatic N) is 2. The lowest BCUT2D eigenvalue weighted by molar-refractivity contribution is -0.137. The molecule has 0 fully saturated rings. The van der Waals surface area contributed by atoms with Gasteiger partial charge in [0.05, 0.1) is 17.2 Å². The van der Waals surface area contributed by atoms with Gasteiger partial charge in [0.15, 0.2) is 0 Å². The van der Waals surface area contributed by atoms with Gasteiger partial charge in [-0.15, -0.1) is 0 Å². The minimum Gasteiger partial charge on any atom is -0.348 e. The number of nitrogens with one attached hydrogen (secondary N) is 2. The summed E-state index contributed by atoms with van der Waals surface area (Å²) in [5, 5.41) is 14.6. The Morgan fingerprint density at radius 3 is 2.42 bits per heavy atom. The molecule has 1 aromatic rings. The van der Waals surface area contributed by atoms with Crippen LogP contribution >= 0.6 is 12.2 Å². The first-order valence-corrected chi connectivity index (χ1v) is 7.67. The molecule has 1 aliphatic rings. The number of hydrogen-bond donors (Lipinski definition) is 2. The summed E-state index contributed by atoms with van der Waals surface area (Å²) in [6.45, 7) is 1.58. The van der Waals surface area contributed by atoms with Gasteiger partial charge in [-0.05, 0) is 24.6 Å². The number of alkyl halides is 6. The average Bonchev–Trinajstić information content (AvgIpc) is 3.00. The van der Waals surface area contributed by atoms with Gasteiger partial charge in [-0.1, -0.05) is 19.1 Å². The van der Waals surface area contributed by atoms with E-state index in [0.29, 0.717) is 6.07 Å². The summed E-state index contributed by atoms with van der Waals surface area (Å²) < 4.78 is 77.5. The van der Waals surface area contributed by atoms with Gasteiger partial charge in [0.1, 0.15) is 16.2 Å². The molecule has 2 rings (SSSR count). The molecule has 0 saturated heterocycles. The van der Waals surface area contributed by atoms with Crippen molar-refractivity contribution < 1.29 is 26.3 Å². The zero-order valence-electron chi connectivity index (χ0n) is 13.2. The SMILES string of the molecule is CCC1(C(=S)Nc2ccc(C#N)c(C(F)(F)F)c2)CC(C(F)(F)F)=NN1. The van der Waals surface area contributed by atoms with Crippen LogP contribution in [0.1, 0.15) is 30.9 Å². The summed E-state index contributed by atoms with van der Waals surface area (Å²) in [7, 11) is 0. The van der Waals surface area contributed by atoms with Crippen molar-refractivity contribution in [3.8, 4) is 6.07 Å². The maximum atomic E-state index is 13.0. The van der Waals surface area contributed by atoms with Gasteiger partial charge in [0.25, 0.3) is 0 Å². The van der Waals surface area contributed by atoms with E-state index in [4.69, 9.17) is 17.5 Å². The van der Waals surface area contributed by atoms with Crippen LogP contribution in [0.2, 0.25) is 0 Å². The third-order valence-electron chi connectivity index (χ3n) is 3.94. The number of hydrogen-bond acceptors (Lipinski definition) is 4. The van der Waals surface area contributed by atoms with E-state index < -0.39 is 41.2 Å². The number of nitriles is 1. The van der Waals surface area contributed by atoms with Gasteiger partial charge in [0.2, 0.25) is 0 Å². The van der Waals surface area contributed by atoms with Gasteiger partial charge in [0, 0.05) is 12.1 Å². The molecule has 2 N–H and O–H groups in total. The average molecular weight is 394 g/mol. The van der Waals surface area contributed by atoms with Crippen molar-refractivity contribution in [3.05, 3.63) is 29.3 Å². The molecular weight excluding hydrogens is 382 g/mol. The van der Waals surface area contributed by atoms with E-state index in [9.17, 15) is 26.3 Å². The van der Waals surface area contributed by atoms with Crippen LogP contribution in [-0.4, -0.2) is 22.4 Å². The van der Waals surface area contributed by atoms with Gasteiger partial charge < -0.3 is 5.32 Å². The largest absolute Gasteiger partial charge is 0.431 e. The highest BCUT2D eigenvalue weighted by molar-refractivity contribution is 7.80. The first kappa shape index (κ1) is 20.0. The van der Waals surface area contributed by atoms with E-state index in [2.05, 4.69) is 15.8 Å². The number of rotatable bonds is 3. The lowest BCUT2D eigenvalue weighted by Gasteiger charge is -2.29. The fraction of sp³-hybridized carbons (Fsp3) is 0.400. The molecule has 4 nitrogen and oxygen atoms in total. The second-order valence-electron chi connectivity index (χ2n) is 5.60. The third-order valence-corrected chi connectivity index (χ3v) is 4.44. The monoisotopic (exact) mass is 394 g/mol. The molecule has 1 unspecified atom stereocenters. The molecule has 0 amide bonds. The molecule has 1 aliphatic heterocycles. The van der Waals surface area contributed by atoms with E-state index in [-0.39, 0.29) is 17.1 Å². The minimum absolute atomic E-state index is 0.0867. The van der Waals surface area contributed by atoms with Gasteiger partial charge in [-0.3, -0.25) is 5.43 Å². The molecule has 140 valence electrons. The Morgan fingerprint density at radius 2 is 1.96 bits per heavy atom. The van der Waals surface area contributed by atoms with Gasteiger partial charge in [-0.2, -0.15) is 36.7 Å². The van der Waals surface area contributed by atoms with Crippen LogP contribution in [0.4, 0.5) is 32.0 Å². The van der Waals surface area contributed by atoms with Gasteiger partial charge >= 0.3 is 12.4 Å². The van der Waals surface area contributed by atoms with Crippen LogP contribution in [0, 0.1) is 11.3 Å². The van der Waals surface area contributed by atoms with Crippen molar-refractivity contribution in [1.29, 1.82) is 5.26 Å². The number of anilines is 1. The summed E-state index contributed by atoms with van der Waals surface area (Å²) in [4.78, 5) is -0.124. The van der Waals surface area contributed by atoms with E-state index in [1.54, 1.807) is 6.92 Å². The van der Waals surface area contributed by atoms with Crippen LogP contribution in [0.25, 0.3) is 0 Å². The van der Waals surface area contributed by atoms with E-state index >= 15 is 0 Å². The highest BCUT2D eigenvalue weighted by Gasteiger charge is 2.48. The first-order chi connectivity index (χ1) is 11.9. The topological polar surface area (TPSA) is 60.2 Å². The Balaban J connectivity index is 2.26.